The number of aromatic amines is 1. The number of nitrogens with zero attached hydrogens (tertiary/aromatic N) is 2. The maximum Gasteiger partial charge on any atom is 0.416 e. The van der Waals surface area contributed by atoms with Crippen LogP contribution in [0.1, 0.15) is 18.2 Å². The number of aromatic nitrogens is 3. The van der Waals surface area contributed by atoms with Crippen LogP contribution < -0.4 is 20.9 Å². The summed E-state index contributed by atoms with van der Waals surface area (Å²) in [6.07, 6.45) is -1.72. The molecule has 8 nitrogen and oxygen atoms in total. The number of benzene rings is 1. The van der Waals surface area contributed by atoms with E-state index in [1.807, 2.05) is 0 Å². The Bertz CT molecular complexity index is 1170. The third-order valence-electron chi connectivity index (χ3n) is 4.10. The van der Waals surface area contributed by atoms with Gasteiger partial charge in [0.15, 0.2) is 11.6 Å². The molecule has 3 N–H and O–H groups in total. The quantitative estimate of drug-likeness (QED) is 0.505. The summed E-state index contributed by atoms with van der Waals surface area (Å²) < 4.78 is 43.7. The van der Waals surface area contributed by atoms with E-state index in [9.17, 15) is 22.8 Å². The molecule has 2 heterocycles. The zero-order valence-corrected chi connectivity index (χ0v) is 17.7. The summed E-state index contributed by atoms with van der Waals surface area (Å²) in [7, 11) is 0. The topological polar surface area (TPSA) is 109 Å². The summed E-state index contributed by atoms with van der Waals surface area (Å²) in [5, 5.41) is 4.84. The highest BCUT2D eigenvalue weighted by molar-refractivity contribution is 6.00. The van der Waals surface area contributed by atoms with Gasteiger partial charge in [-0.2, -0.15) is 13.2 Å². The number of ether oxygens (including phenoxy) is 1. The number of pyridine rings is 1. The molecule has 0 saturated heterocycles. The van der Waals surface area contributed by atoms with Gasteiger partial charge in [-0.25, -0.2) is 14.8 Å². The lowest BCUT2D eigenvalue weighted by atomic mass is 10.2. The molecule has 0 radical (unpaired) electrons. The van der Waals surface area contributed by atoms with Crippen LogP contribution in [-0.4, -0.2) is 27.6 Å². The Morgan fingerprint density at radius 1 is 1.22 bits per heavy atom. The maximum atomic E-state index is 12.8. The van der Waals surface area contributed by atoms with Crippen LogP contribution in [0.15, 0.2) is 47.5 Å². The van der Waals surface area contributed by atoms with Gasteiger partial charge in [0.2, 0.25) is 0 Å². The number of anilines is 2. The molecule has 1 aromatic carbocycles. The van der Waals surface area contributed by atoms with Crippen LogP contribution >= 0.6 is 12.4 Å². The van der Waals surface area contributed by atoms with E-state index in [2.05, 4.69) is 25.6 Å². The normalized spacial score (nSPS) is 10.8. The molecule has 2 aromatic heterocycles. The number of aryl methyl sites for hydroxylation is 1. The molecular formula is C20H19ClF3N5O3. The lowest BCUT2D eigenvalue weighted by Gasteiger charge is -2.12. The molecule has 0 unspecified atom stereocenters. The molecule has 3 aromatic rings. The van der Waals surface area contributed by atoms with Gasteiger partial charge in [0.1, 0.15) is 0 Å². The summed E-state index contributed by atoms with van der Waals surface area (Å²) in [4.78, 5) is 34.9. The number of carbonyl (C=O) groups excluding carboxylic acids is 1. The first-order valence-electron chi connectivity index (χ1n) is 9.12. The second kappa shape index (κ2) is 10.1. The molecule has 32 heavy (non-hydrogen) atoms. The van der Waals surface area contributed by atoms with Crippen molar-refractivity contribution in [2.75, 3.05) is 17.2 Å². The predicted octanol–water partition coefficient (Wildman–Crippen LogP) is 4.62. The molecule has 0 aliphatic rings. The van der Waals surface area contributed by atoms with Crippen LogP contribution in [-0.2, 0) is 6.18 Å². The van der Waals surface area contributed by atoms with Gasteiger partial charge in [0.05, 0.1) is 29.7 Å². The number of rotatable bonds is 5. The Labute approximate surface area is 186 Å². The fourth-order valence-electron chi connectivity index (χ4n) is 2.64. The van der Waals surface area contributed by atoms with Gasteiger partial charge in [0, 0.05) is 17.4 Å². The number of amides is 2. The number of hydrogen-bond donors (Lipinski definition) is 3. The first-order chi connectivity index (χ1) is 14.7. The predicted molar refractivity (Wildman–Crippen MR) is 115 cm³/mol. The van der Waals surface area contributed by atoms with Crippen LogP contribution in [0.3, 0.4) is 0 Å². The highest BCUT2D eigenvalue weighted by Gasteiger charge is 2.30. The summed E-state index contributed by atoms with van der Waals surface area (Å²) in [5.74, 6) is 0.419. The van der Waals surface area contributed by atoms with E-state index < -0.39 is 17.8 Å². The SMILES string of the molecule is CCOc1cc(-c2ncc(NC(=O)Nc3cccc(C(F)(F)F)c3)c(C)n2)c[nH]c1=O.Cl. The maximum absolute atomic E-state index is 12.8. The fourth-order valence-corrected chi connectivity index (χ4v) is 2.64. The molecule has 0 bridgehead atoms. The molecule has 170 valence electrons. The molecule has 2 amide bonds. The number of halogens is 4. The molecular weight excluding hydrogens is 451 g/mol. The molecule has 0 atom stereocenters. The highest BCUT2D eigenvalue weighted by Crippen LogP contribution is 2.30. The van der Waals surface area contributed by atoms with Crippen LogP contribution in [0.2, 0.25) is 0 Å². The summed E-state index contributed by atoms with van der Waals surface area (Å²) in [6, 6.07) is 5.04. The Morgan fingerprint density at radius 2 is 1.97 bits per heavy atom. The van der Waals surface area contributed by atoms with Crippen molar-refractivity contribution in [1.29, 1.82) is 0 Å². The minimum absolute atomic E-state index is 0. The minimum Gasteiger partial charge on any atom is -0.488 e. The number of H-pyrrole nitrogens is 1. The summed E-state index contributed by atoms with van der Waals surface area (Å²) in [6.45, 7) is 3.69. The first kappa shape index (κ1) is 24.7. The Kier molecular flexibility index (Phi) is 7.82. The van der Waals surface area contributed by atoms with Crippen molar-refractivity contribution in [3.63, 3.8) is 0 Å². The molecule has 12 heteroatoms. The van der Waals surface area contributed by atoms with Gasteiger partial charge < -0.3 is 20.4 Å². The molecule has 0 spiro atoms. The second-order valence-electron chi connectivity index (χ2n) is 6.37. The van der Waals surface area contributed by atoms with Gasteiger partial charge in [0.25, 0.3) is 5.56 Å². The van der Waals surface area contributed by atoms with Gasteiger partial charge in [-0.1, -0.05) is 6.07 Å². The zero-order chi connectivity index (χ0) is 22.6. The lowest BCUT2D eigenvalue weighted by Crippen LogP contribution is -2.21. The van der Waals surface area contributed by atoms with Gasteiger partial charge in [-0.3, -0.25) is 4.79 Å². The van der Waals surface area contributed by atoms with E-state index in [-0.39, 0.29) is 35.1 Å². The van der Waals surface area contributed by atoms with E-state index in [0.29, 0.717) is 23.7 Å². The van der Waals surface area contributed by atoms with Crippen molar-refractivity contribution in [1.82, 2.24) is 15.0 Å². The van der Waals surface area contributed by atoms with E-state index in [1.165, 1.54) is 30.6 Å². The van der Waals surface area contributed by atoms with Crippen molar-refractivity contribution in [2.24, 2.45) is 0 Å². The summed E-state index contributed by atoms with van der Waals surface area (Å²) in [5.41, 5.74) is -0.0882. The van der Waals surface area contributed by atoms with Crippen LogP contribution in [0.25, 0.3) is 11.4 Å². The molecule has 0 saturated carbocycles. The smallest absolute Gasteiger partial charge is 0.416 e. The van der Waals surface area contributed by atoms with Crippen molar-refractivity contribution >= 4 is 29.8 Å². The largest absolute Gasteiger partial charge is 0.488 e. The van der Waals surface area contributed by atoms with E-state index in [0.717, 1.165) is 12.1 Å². The second-order valence-corrected chi connectivity index (χ2v) is 6.37. The fraction of sp³-hybridized carbons (Fsp3) is 0.200. The zero-order valence-electron chi connectivity index (χ0n) is 16.9. The van der Waals surface area contributed by atoms with E-state index >= 15 is 0 Å². The van der Waals surface area contributed by atoms with Crippen molar-refractivity contribution in [3.8, 4) is 17.1 Å². The average Bonchev–Trinajstić information content (AvgIpc) is 2.71. The number of carbonyl (C=O) groups is 1. The third-order valence-corrected chi connectivity index (χ3v) is 4.10. The van der Waals surface area contributed by atoms with Crippen LogP contribution in [0, 0.1) is 6.92 Å². The minimum atomic E-state index is -4.52. The van der Waals surface area contributed by atoms with E-state index in [4.69, 9.17) is 4.74 Å². The number of alkyl halides is 3. The monoisotopic (exact) mass is 469 g/mol. The van der Waals surface area contributed by atoms with Crippen molar-refractivity contribution in [3.05, 3.63) is 64.3 Å². The number of nitrogens with one attached hydrogen (secondary N) is 3. The molecule has 3 rings (SSSR count). The number of hydrogen-bond acceptors (Lipinski definition) is 5. The highest BCUT2D eigenvalue weighted by atomic mass is 35.5. The van der Waals surface area contributed by atoms with Crippen LogP contribution in [0.4, 0.5) is 29.3 Å². The Morgan fingerprint density at radius 3 is 2.62 bits per heavy atom. The van der Waals surface area contributed by atoms with Crippen molar-refractivity contribution in [2.45, 2.75) is 20.0 Å². The third kappa shape index (κ3) is 5.97. The van der Waals surface area contributed by atoms with Crippen LogP contribution in [0.5, 0.6) is 5.75 Å². The average molecular weight is 470 g/mol. The Hall–Kier alpha value is -3.60. The lowest BCUT2D eigenvalue weighted by molar-refractivity contribution is -0.137. The van der Waals surface area contributed by atoms with Gasteiger partial charge >= 0.3 is 12.2 Å². The van der Waals surface area contributed by atoms with Crippen molar-refractivity contribution < 1.29 is 22.7 Å². The van der Waals surface area contributed by atoms with Gasteiger partial charge in [-0.05, 0) is 38.1 Å². The van der Waals surface area contributed by atoms with E-state index in [1.54, 1.807) is 13.8 Å². The standard InChI is InChI=1S/C20H18F3N5O3.ClH/c1-3-31-16-7-12(9-25-18(16)29)17-24-10-15(11(2)26-17)28-19(30)27-14-6-4-5-13(8-14)20(21,22)23;/h4-10H,3H2,1-2H3,(H,25,29)(H2,27,28,30);1H. The molecule has 0 fully saturated rings. The summed E-state index contributed by atoms with van der Waals surface area (Å²) >= 11 is 0. The molecule has 0 aliphatic heterocycles. The molecule has 0 aliphatic carbocycles. The Balaban J connectivity index is 0.00000363. The number of urea groups is 1. The van der Waals surface area contributed by atoms with Gasteiger partial charge in [-0.15, -0.1) is 12.4 Å². The first-order valence-corrected chi connectivity index (χ1v) is 9.12.